The molecule has 2 heterocycles. The third kappa shape index (κ3) is 4.85. The van der Waals surface area contributed by atoms with E-state index in [1.165, 1.54) is 0 Å². The van der Waals surface area contributed by atoms with Crippen LogP contribution < -0.4 is 15.8 Å². The number of benzene rings is 1. The van der Waals surface area contributed by atoms with Gasteiger partial charge in [0.15, 0.2) is 0 Å². The smallest absolute Gasteiger partial charge is 0.255 e. The van der Waals surface area contributed by atoms with E-state index in [1.54, 1.807) is 0 Å². The van der Waals surface area contributed by atoms with Gasteiger partial charge in [0.2, 0.25) is 11.9 Å². The maximum Gasteiger partial charge on any atom is 0.255 e. The highest BCUT2D eigenvalue weighted by Crippen LogP contribution is 2.40. The van der Waals surface area contributed by atoms with Crippen molar-refractivity contribution in [2.24, 2.45) is 5.92 Å². The second-order valence-electron chi connectivity index (χ2n) is 7.85. The van der Waals surface area contributed by atoms with E-state index in [0.29, 0.717) is 55.8 Å². The van der Waals surface area contributed by atoms with Crippen LogP contribution in [0.25, 0.3) is 0 Å². The molecule has 7 nitrogen and oxygen atoms in total. The van der Waals surface area contributed by atoms with Gasteiger partial charge in [-0.15, -0.1) is 0 Å². The molecule has 4 rings (SSSR count). The number of morpholine rings is 1. The molecule has 2 fully saturated rings. The summed E-state index contributed by atoms with van der Waals surface area (Å²) in [7, 11) is 0. The number of nitrogens with zero attached hydrogens (tertiary/aromatic N) is 2. The molecule has 2 aliphatic rings. The van der Waals surface area contributed by atoms with Gasteiger partial charge < -0.3 is 15.0 Å². The van der Waals surface area contributed by atoms with Crippen molar-refractivity contribution >= 4 is 11.9 Å². The largest absolute Gasteiger partial charge is 0.378 e. The molecule has 0 spiro atoms. The van der Waals surface area contributed by atoms with E-state index in [4.69, 9.17) is 4.74 Å². The summed E-state index contributed by atoms with van der Waals surface area (Å²) in [5, 5.41) is 3.17. The van der Waals surface area contributed by atoms with E-state index in [0.717, 1.165) is 18.4 Å². The van der Waals surface area contributed by atoms with Crippen LogP contribution in [0, 0.1) is 12.8 Å². The van der Waals surface area contributed by atoms with E-state index < -0.39 is 0 Å². The van der Waals surface area contributed by atoms with E-state index in [1.807, 2.05) is 30.0 Å². The normalized spacial score (nSPS) is 17.8. The van der Waals surface area contributed by atoms with Crippen LogP contribution in [0.2, 0.25) is 0 Å². The molecule has 0 bridgehead atoms. The molecule has 2 aromatic rings. The Morgan fingerprint density at radius 1 is 1.28 bits per heavy atom. The summed E-state index contributed by atoms with van der Waals surface area (Å²) in [4.78, 5) is 34.7. The third-order valence-electron chi connectivity index (χ3n) is 5.69. The number of hydrogen-bond acceptors (Lipinski definition) is 5. The predicted molar refractivity (Wildman–Crippen MR) is 111 cm³/mol. The highest BCUT2D eigenvalue weighted by molar-refractivity contribution is 5.76. The SMILES string of the molecule is Cc1nc(N2CCOCC2)[nH]c(=O)c1CCC(=O)NC(c1ccccc1)C1CC1. The van der Waals surface area contributed by atoms with Crippen LogP contribution in [-0.2, 0) is 16.0 Å². The van der Waals surface area contributed by atoms with Gasteiger partial charge in [-0.1, -0.05) is 30.3 Å². The van der Waals surface area contributed by atoms with Gasteiger partial charge in [0.1, 0.15) is 0 Å². The fraction of sp³-hybridized carbons (Fsp3) is 0.500. The molecular weight excluding hydrogens is 368 g/mol. The van der Waals surface area contributed by atoms with E-state index >= 15 is 0 Å². The molecule has 1 aromatic carbocycles. The minimum atomic E-state index is -0.159. The van der Waals surface area contributed by atoms with Crippen LogP contribution in [0.3, 0.4) is 0 Å². The Hall–Kier alpha value is -2.67. The first-order valence-electron chi connectivity index (χ1n) is 10.4. The predicted octanol–water partition coefficient (Wildman–Crippen LogP) is 2.12. The Labute approximate surface area is 170 Å². The molecule has 2 N–H and O–H groups in total. The van der Waals surface area contributed by atoms with Crippen molar-refractivity contribution in [1.82, 2.24) is 15.3 Å². The van der Waals surface area contributed by atoms with Gasteiger partial charge in [-0.25, -0.2) is 4.98 Å². The van der Waals surface area contributed by atoms with Crippen molar-refractivity contribution in [1.29, 1.82) is 0 Å². The van der Waals surface area contributed by atoms with Crippen LogP contribution in [0.4, 0.5) is 5.95 Å². The van der Waals surface area contributed by atoms with Crippen LogP contribution in [0.15, 0.2) is 35.1 Å². The molecule has 1 aliphatic heterocycles. The molecule has 0 radical (unpaired) electrons. The van der Waals surface area contributed by atoms with E-state index in [9.17, 15) is 9.59 Å². The van der Waals surface area contributed by atoms with Crippen LogP contribution >= 0.6 is 0 Å². The van der Waals surface area contributed by atoms with Gasteiger partial charge in [-0.3, -0.25) is 14.6 Å². The quantitative estimate of drug-likeness (QED) is 0.749. The number of aromatic nitrogens is 2. The summed E-state index contributed by atoms with van der Waals surface area (Å²) in [5.74, 6) is 1.07. The number of H-pyrrole nitrogens is 1. The number of hydrogen-bond donors (Lipinski definition) is 2. The van der Waals surface area contributed by atoms with E-state index in [-0.39, 0.29) is 23.9 Å². The topological polar surface area (TPSA) is 87.3 Å². The first kappa shape index (κ1) is 19.6. The minimum Gasteiger partial charge on any atom is -0.378 e. The zero-order chi connectivity index (χ0) is 20.2. The van der Waals surface area contributed by atoms with Crippen molar-refractivity contribution < 1.29 is 9.53 Å². The molecule has 1 atom stereocenters. The van der Waals surface area contributed by atoms with Crippen molar-refractivity contribution in [2.45, 2.75) is 38.6 Å². The molecule has 1 aliphatic carbocycles. The Morgan fingerprint density at radius 2 is 2.00 bits per heavy atom. The van der Waals surface area contributed by atoms with Gasteiger partial charge in [0.25, 0.3) is 5.56 Å². The summed E-state index contributed by atoms with van der Waals surface area (Å²) >= 11 is 0. The molecule has 1 amide bonds. The number of carbonyl (C=O) groups excluding carboxylic acids is 1. The van der Waals surface area contributed by atoms with Gasteiger partial charge in [-0.05, 0) is 37.7 Å². The molecule has 1 saturated carbocycles. The Bertz CT molecular complexity index is 902. The second-order valence-corrected chi connectivity index (χ2v) is 7.85. The lowest BCUT2D eigenvalue weighted by molar-refractivity contribution is -0.122. The molecule has 29 heavy (non-hydrogen) atoms. The van der Waals surface area contributed by atoms with Crippen LogP contribution in [0.1, 0.15) is 42.1 Å². The number of carbonyl (C=O) groups is 1. The number of aromatic amines is 1. The minimum absolute atomic E-state index is 0.0261. The average molecular weight is 396 g/mol. The van der Waals surface area contributed by atoms with Crippen LogP contribution in [-0.4, -0.2) is 42.2 Å². The standard InChI is InChI=1S/C22H28N4O3/c1-15-18(21(28)25-22(23-15)26-11-13-29-14-12-26)9-10-19(27)24-20(17-7-8-17)16-5-3-2-4-6-16/h2-6,17,20H,7-14H2,1H3,(H,24,27)(H,23,25,28). The Kier molecular flexibility index (Phi) is 5.94. The Morgan fingerprint density at radius 3 is 2.66 bits per heavy atom. The molecule has 1 aromatic heterocycles. The molecule has 1 saturated heterocycles. The first-order chi connectivity index (χ1) is 14.1. The highest BCUT2D eigenvalue weighted by atomic mass is 16.5. The molecule has 7 heteroatoms. The van der Waals surface area contributed by atoms with Gasteiger partial charge in [-0.2, -0.15) is 0 Å². The number of amides is 1. The first-order valence-corrected chi connectivity index (χ1v) is 10.4. The zero-order valence-electron chi connectivity index (χ0n) is 16.8. The summed E-state index contributed by atoms with van der Waals surface area (Å²) < 4.78 is 5.35. The lowest BCUT2D eigenvalue weighted by Gasteiger charge is -2.27. The third-order valence-corrected chi connectivity index (χ3v) is 5.69. The Balaban J connectivity index is 1.39. The van der Waals surface area contributed by atoms with E-state index in [2.05, 4.69) is 27.4 Å². The molecule has 154 valence electrons. The lowest BCUT2D eigenvalue weighted by atomic mass is 10.0. The fourth-order valence-corrected chi connectivity index (χ4v) is 3.86. The summed E-state index contributed by atoms with van der Waals surface area (Å²) in [5.41, 5.74) is 2.26. The molecular formula is C22H28N4O3. The highest BCUT2D eigenvalue weighted by Gasteiger charge is 2.33. The zero-order valence-corrected chi connectivity index (χ0v) is 16.8. The number of nitrogens with one attached hydrogen (secondary N) is 2. The number of aryl methyl sites for hydroxylation is 1. The van der Waals surface area contributed by atoms with Crippen molar-refractivity contribution in [2.75, 3.05) is 31.2 Å². The summed E-state index contributed by atoms with van der Waals surface area (Å²) in [6, 6.07) is 10.2. The average Bonchev–Trinajstić information content (AvgIpc) is 3.58. The second kappa shape index (κ2) is 8.78. The van der Waals surface area contributed by atoms with Crippen molar-refractivity contribution in [3.8, 4) is 0 Å². The number of anilines is 1. The summed E-state index contributed by atoms with van der Waals surface area (Å²) in [6.45, 7) is 4.53. The lowest BCUT2D eigenvalue weighted by Crippen LogP contribution is -2.38. The maximum atomic E-state index is 12.6. The van der Waals surface area contributed by atoms with Crippen molar-refractivity contribution in [3.05, 3.63) is 57.5 Å². The number of ether oxygens (including phenoxy) is 1. The monoisotopic (exact) mass is 396 g/mol. The molecule has 1 unspecified atom stereocenters. The van der Waals surface area contributed by atoms with Gasteiger partial charge in [0.05, 0.1) is 19.3 Å². The van der Waals surface area contributed by atoms with Gasteiger partial charge >= 0.3 is 0 Å². The maximum absolute atomic E-state index is 12.6. The fourth-order valence-electron chi connectivity index (χ4n) is 3.86. The van der Waals surface area contributed by atoms with Crippen molar-refractivity contribution in [3.63, 3.8) is 0 Å². The van der Waals surface area contributed by atoms with Crippen LogP contribution in [0.5, 0.6) is 0 Å². The number of rotatable bonds is 7. The summed E-state index contributed by atoms with van der Waals surface area (Å²) in [6.07, 6.45) is 2.95. The van der Waals surface area contributed by atoms with Gasteiger partial charge in [0, 0.05) is 30.8 Å².